The molecule has 1 aromatic heterocycles. The summed E-state index contributed by atoms with van der Waals surface area (Å²) in [5, 5.41) is 1.39. The summed E-state index contributed by atoms with van der Waals surface area (Å²) in [6.45, 7) is 8.33. The smallest absolute Gasteiger partial charge is 0.303 e. The molecular formula is C22H29N3O2S. The van der Waals surface area contributed by atoms with Crippen LogP contribution in [0.25, 0.3) is 10.9 Å². The summed E-state index contributed by atoms with van der Waals surface area (Å²) in [5.41, 5.74) is 8.58. The molecule has 1 aromatic carbocycles. The number of hydrogen-bond donors (Lipinski definition) is 1. The Kier molecular flexibility index (Phi) is 5.43. The second kappa shape index (κ2) is 7.84. The monoisotopic (exact) mass is 399 g/mol. The van der Waals surface area contributed by atoms with E-state index >= 15 is 0 Å². The molecule has 0 spiro atoms. The van der Waals surface area contributed by atoms with Gasteiger partial charge in [0.15, 0.2) is 0 Å². The number of benzene rings is 1. The lowest BCUT2D eigenvalue weighted by Gasteiger charge is -2.44. The number of aromatic nitrogens is 1. The maximum Gasteiger partial charge on any atom is 0.303 e. The second-order valence-electron chi connectivity index (χ2n) is 8.01. The molecule has 0 amide bonds. The molecule has 0 unspecified atom stereocenters. The van der Waals surface area contributed by atoms with Gasteiger partial charge in [0.1, 0.15) is 11.6 Å². The van der Waals surface area contributed by atoms with Crippen LogP contribution in [0.4, 0.5) is 0 Å². The molecular weight excluding hydrogens is 370 g/mol. The van der Waals surface area contributed by atoms with Crippen molar-refractivity contribution in [3.63, 3.8) is 0 Å². The minimum absolute atomic E-state index is 0.105. The first-order valence-corrected chi connectivity index (χ1v) is 10.7. The summed E-state index contributed by atoms with van der Waals surface area (Å²) in [4.78, 5) is 14.3. The predicted octanol–water partition coefficient (Wildman–Crippen LogP) is 3.90. The highest BCUT2D eigenvalue weighted by Gasteiger charge is 2.38. The van der Waals surface area contributed by atoms with Crippen LogP contribution in [0.1, 0.15) is 55.8 Å². The number of likely N-dealkylation sites (tertiary alicyclic amines) is 1. The van der Waals surface area contributed by atoms with Crippen molar-refractivity contribution in [1.29, 1.82) is 0 Å². The summed E-state index contributed by atoms with van der Waals surface area (Å²) >= 11 is 5.41. The van der Waals surface area contributed by atoms with Crippen molar-refractivity contribution in [2.24, 2.45) is 0 Å². The topological polar surface area (TPSA) is 46.5 Å². The number of rotatable bonds is 5. The molecule has 1 aliphatic heterocycles. The van der Waals surface area contributed by atoms with Crippen LogP contribution in [0, 0.1) is 6.92 Å². The molecule has 6 heteroatoms. The number of carbonyl (C=O) groups is 1. The van der Waals surface area contributed by atoms with E-state index in [4.69, 9.17) is 17.0 Å². The van der Waals surface area contributed by atoms with E-state index in [1.165, 1.54) is 67.0 Å². The first-order valence-electron chi connectivity index (χ1n) is 10.3. The number of nitrogens with zero attached hydrogens (tertiary/aromatic N) is 2. The number of thiocarbonyl (C=S) groups is 1. The molecule has 1 N–H and O–H groups in total. The molecule has 1 saturated heterocycles. The lowest BCUT2D eigenvalue weighted by atomic mass is 9.74. The van der Waals surface area contributed by atoms with Crippen LogP contribution in [0.5, 0.6) is 0 Å². The van der Waals surface area contributed by atoms with Gasteiger partial charge in [-0.15, -0.1) is 0 Å². The Hall–Kier alpha value is -1.92. The minimum Gasteiger partial charge on any atom is -0.458 e. The first-order chi connectivity index (χ1) is 13.5. The number of hydrogen-bond acceptors (Lipinski definition) is 4. The van der Waals surface area contributed by atoms with Crippen LogP contribution in [-0.2, 0) is 16.0 Å². The zero-order chi connectivity index (χ0) is 19.8. The fourth-order valence-corrected chi connectivity index (χ4v) is 5.28. The van der Waals surface area contributed by atoms with E-state index in [-0.39, 0.29) is 12.6 Å². The van der Waals surface area contributed by atoms with Gasteiger partial charge in [0.05, 0.1) is 5.52 Å². The number of piperidine rings is 1. The first kappa shape index (κ1) is 19.4. The normalized spacial score (nSPS) is 21.4. The molecule has 2 atom stereocenters. The Balaban J connectivity index is 1.72. The van der Waals surface area contributed by atoms with Crippen molar-refractivity contribution >= 4 is 34.1 Å². The molecule has 28 heavy (non-hydrogen) atoms. The average molecular weight is 400 g/mol. The van der Waals surface area contributed by atoms with Crippen molar-refractivity contribution in [1.82, 2.24) is 9.58 Å². The largest absolute Gasteiger partial charge is 0.458 e. The summed E-state index contributed by atoms with van der Waals surface area (Å²) < 4.78 is 7.14. The van der Waals surface area contributed by atoms with Gasteiger partial charge in [-0.25, -0.2) is 0 Å². The number of nitrogens with one attached hydrogen (secondary N) is 1. The van der Waals surface area contributed by atoms with Crippen molar-refractivity contribution < 1.29 is 9.53 Å². The van der Waals surface area contributed by atoms with E-state index < -0.39 is 0 Å². The highest BCUT2D eigenvalue weighted by molar-refractivity contribution is 7.80. The summed E-state index contributed by atoms with van der Waals surface area (Å²) in [6, 6.07) is 7.23. The highest BCUT2D eigenvalue weighted by Crippen LogP contribution is 2.45. The zero-order valence-electron chi connectivity index (χ0n) is 17.0. The number of fused-ring (bicyclic) bond motifs is 2. The van der Waals surface area contributed by atoms with Gasteiger partial charge in [-0.05, 0) is 62.9 Å². The SMILES string of the molecule is CCCN1CCC[C@@H]2c3cccc4c3c(c(C)n4NC(=S)COC(C)=O)C[C@H]21. The molecule has 0 bridgehead atoms. The molecule has 4 rings (SSSR count). The van der Waals surface area contributed by atoms with E-state index in [2.05, 4.69) is 47.0 Å². The van der Waals surface area contributed by atoms with E-state index in [9.17, 15) is 4.79 Å². The Labute approximate surface area is 172 Å². The van der Waals surface area contributed by atoms with Gasteiger partial charge in [0.25, 0.3) is 0 Å². The van der Waals surface area contributed by atoms with Gasteiger partial charge < -0.3 is 4.74 Å². The average Bonchev–Trinajstić information content (AvgIpc) is 2.94. The minimum atomic E-state index is -0.320. The predicted molar refractivity (Wildman–Crippen MR) is 117 cm³/mol. The fourth-order valence-electron chi connectivity index (χ4n) is 5.13. The van der Waals surface area contributed by atoms with Crippen molar-refractivity contribution in [3.8, 4) is 0 Å². The van der Waals surface area contributed by atoms with Gasteiger partial charge in [-0.1, -0.05) is 31.3 Å². The van der Waals surface area contributed by atoms with E-state index in [0.717, 1.165) is 6.42 Å². The molecule has 2 aliphatic rings. The Morgan fingerprint density at radius 3 is 2.96 bits per heavy atom. The molecule has 2 aromatic rings. The third-order valence-electron chi connectivity index (χ3n) is 6.25. The van der Waals surface area contributed by atoms with E-state index in [1.54, 1.807) is 0 Å². The quantitative estimate of drug-likeness (QED) is 0.610. The number of esters is 1. The van der Waals surface area contributed by atoms with Crippen LogP contribution >= 0.6 is 12.2 Å². The third kappa shape index (κ3) is 3.33. The van der Waals surface area contributed by atoms with Crippen molar-refractivity contribution in [2.75, 3.05) is 25.1 Å². The highest BCUT2D eigenvalue weighted by atomic mass is 32.1. The van der Waals surface area contributed by atoms with Crippen LogP contribution < -0.4 is 5.43 Å². The fraction of sp³-hybridized carbons (Fsp3) is 0.545. The van der Waals surface area contributed by atoms with Gasteiger partial charge >= 0.3 is 5.97 Å². The molecule has 150 valence electrons. The standard InChI is InChI=1S/C22H29N3O2S/c1-4-10-24-11-6-8-16-17-7-5-9-19-22(17)18(12-20(16)24)14(2)25(19)23-21(28)13-27-15(3)26/h5,7,9,16,20H,4,6,8,10-13H2,1-3H3,(H,23,28)/t16-,20-/m1/s1. The number of carbonyl (C=O) groups excluding carboxylic acids is 1. The molecule has 1 aliphatic carbocycles. The van der Waals surface area contributed by atoms with Crippen LogP contribution in [0.2, 0.25) is 0 Å². The zero-order valence-corrected chi connectivity index (χ0v) is 17.8. The molecule has 1 fully saturated rings. The van der Waals surface area contributed by atoms with Gasteiger partial charge in [-0.3, -0.25) is 19.8 Å². The van der Waals surface area contributed by atoms with E-state index in [1.807, 2.05) is 0 Å². The lowest BCUT2D eigenvalue weighted by Crippen LogP contribution is -2.47. The van der Waals surface area contributed by atoms with Crippen molar-refractivity contribution in [2.45, 2.75) is 58.4 Å². The third-order valence-corrected chi connectivity index (χ3v) is 6.46. The Morgan fingerprint density at radius 2 is 2.21 bits per heavy atom. The second-order valence-corrected chi connectivity index (χ2v) is 8.50. The maximum absolute atomic E-state index is 11.1. The van der Waals surface area contributed by atoms with Crippen molar-refractivity contribution in [3.05, 3.63) is 35.0 Å². The molecule has 5 nitrogen and oxygen atoms in total. The van der Waals surface area contributed by atoms with Gasteiger partial charge in [-0.2, -0.15) is 0 Å². The lowest BCUT2D eigenvalue weighted by molar-refractivity contribution is -0.139. The van der Waals surface area contributed by atoms with Gasteiger partial charge in [0, 0.05) is 30.0 Å². The van der Waals surface area contributed by atoms with E-state index in [0.29, 0.717) is 16.9 Å². The summed E-state index contributed by atoms with van der Waals surface area (Å²) in [5.74, 6) is 0.291. The number of ether oxygens (including phenoxy) is 1. The summed E-state index contributed by atoms with van der Waals surface area (Å²) in [6.07, 6.45) is 4.84. The molecule has 2 heterocycles. The Morgan fingerprint density at radius 1 is 1.39 bits per heavy atom. The molecule has 0 saturated carbocycles. The summed E-state index contributed by atoms with van der Waals surface area (Å²) in [7, 11) is 0. The van der Waals surface area contributed by atoms with Crippen LogP contribution in [0.15, 0.2) is 18.2 Å². The molecule has 0 radical (unpaired) electrons. The van der Waals surface area contributed by atoms with Gasteiger partial charge in [0.2, 0.25) is 0 Å². The van der Waals surface area contributed by atoms with Crippen LogP contribution in [-0.4, -0.2) is 46.3 Å². The Bertz CT molecular complexity index is 918. The van der Waals surface area contributed by atoms with Crippen LogP contribution in [0.3, 0.4) is 0 Å². The maximum atomic E-state index is 11.1.